The van der Waals surface area contributed by atoms with E-state index in [-0.39, 0.29) is 12.1 Å². The number of amides is 1. The van der Waals surface area contributed by atoms with Crippen LogP contribution in [-0.4, -0.2) is 55.3 Å². The van der Waals surface area contributed by atoms with Crippen LogP contribution in [0.5, 0.6) is 0 Å². The molecule has 12 heteroatoms. The Morgan fingerprint density at radius 2 is 2.33 bits per heavy atom. The van der Waals surface area contributed by atoms with Crippen LogP contribution >= 0.6 is 11.6 Å². The number of carbonyl (C=O) groups excluding carboxylic acids is 1. The summed E-state index contributed by atoms with van der Waals surface area (Å²) in [5.74, 6) is 0.857. The number of nitrogens with one attached hydrogen (secondary N) is 3. The average molecular weight is 436 g/mol. The number of nitrogens with zero attached hydrogens (tertiary/aromatic N) is 4. The molecule has 3 N–H and O–H groups in total. The van der Waals surface area contributed by atoms with Crippen LogP contribution in [0.1, 0.15) is 31.6 Å². The lowest BCUT2D eigenvalue weighted by Gasteiger charge is -2.17. The third-order valence-electron chi connectivity index (χ3n) is 5.28. The summed E-state index contributed by atoms with van der Waals surface area (Å²) in [5, 5.41) is 17.2. The van der Waals surface area contributed by atoms with E-state index in [1.54, 1.807) is 23.0 Å². The molecule has 1 saturated carbocycles. The molecule has 0 bridgehead atoms. The predicted octanol–water partition coefficient (Wildman–Crippen LogP) is 2.91. The maximum Gasteiger partial charge on any atom is 0.408 e. The third-order valence-corrected chi connectivity index (χ3v) is 5.56. The van der Waals surface area contributed by atoms with Crippen LogP contribution in [0.15, 0.2) is 24.7 Å². The minimum Gasteiger partial charge on any atom is -0.441 e. The van der Waals surface area contributed by atoms with Crippen molar-refractivity contribution in [3.8, 4) is 0 Å². The molecule has 0 aromatic carbocycles. The average Bonchev–Trinajstić information content (AvgIpc) is 3.03. The van der Waals surface area contributed by atoms with Crippen LogP contribution in [0, 0.1) is 0 Å². The van der Waals surface area contributed by atoms with Gasteiger partial charge in [-0.25, -0.2) is 18.7 Å². The lowest BCUT2D eigenvalue weighted by atomic mass is 10.1. The lowest BCUT2D eigenvalue weighted by molar-refractivity contribution is 0.0604. The Morgan fingerprint density at radius 1 is 1.50 bits per heavy atom. The van der Waals surface area contributed by atoms with Gasteiger partial charge in [-0.3, -0.25) is 5.10 Å². The van der Waals surface area contributed by atoms with Crippen LogP contribution < -0.4 is 10.6 Å². The van der Waals surface area contributed by atoms with Gasteiger partial charge in [0.1, 0.15) is 11.6 Å². The number of hydrogen-bond donors (Lipinski definition) is 3. The van der Waals surface area contributed by atoms with Gasteiger partial charge in [-0.15, -0.1) is 0 Å². The number of aromatic amines is 1. The number of rotatable bonds is 5. The van der Waals surface area contributed by atoms with Gasteiger partial charge in [-0.1, -0.05) is 11.6 Å². The number of aromatic nitrogens is 5. The number of hydrogen-bond acceptors (Lipinski definition) is 7. The highest BCUT2D eigenvalue weighted by molar-refractivity contribution is 6.34. The summed E-state index contributed by atoms with van der Waals surface area (Å²) < 4.78 is 27.2. The smallest absolute Gasteiger partial charge is 0.408 e. The molecule has 3 aromatic rings. The van der Waals surface area contributed by atoms with Crippen LogP contribution in [-0.2, 0) is 9.47 Å². The lowest BCUT2D eigenvalue weighted by Crippen LogP contribution is -2.39. The molecule has 10 nitrogen and oxygen atoms in total. The van der Waals surface area contributed by atoms with Gasteiger partial charge in [-0.2, -0.15) is 10.2 Å². The molecule has 1 amide bonds. The standard InChI is InChI=1S/C18H19ClFN7O3/c1-18(2-3-18)24-17(28)30-11-8-29-15(13(11)20)10-6-12(26-25-10)23-16-14-9(19)7-22-27(14)5-4-21-16/h4-7,11,13,15H,2-3,8H2,1H3,(H,24,28)(H2,21,23,25,26)/t11-,13-,15-/m0/s1. The quantitative estimate of drug-likeness (QED) is 0.563. The number of anilines is 2. The van der Waals surface area contributed by atoms with Crippen molar-refractivity contribution < 1.29 is 18.7 Å². The Hall–Kier alpha value is -2.92. The van der Waals surface area contributed by atoms with E-state index in [1.807, 2.05) is 6.92 Å². The van der Waals surface area contributed by atoms with Gasteiger partial charge in [0.2, 0.25) is 0 Å². The zero-order valence-electron chi connectivity index (χ0n) is 15.9. The van der Waals surface area contributed by atoms with E-state index >= 15 is 0 Å². The fourth-order valence-corrected chi connectivity index (χ4v) is 3.55. The fourth-order valence-electron chi connectivity index (χ4n) is 3.33. The van der Waals surface area contributed by atoms with Crippen LogP contribution in [0.3, 0.4) is 0 Å². The Labute approximate surface area is 175 Å². The molecular weight excluding hydrogens is 417 g/mol. The number of alkyl carbamates (subject to hydrolysis) is 1. The van der Waals surface area contributed by atoms with Crippen molar-refractivity contribution in [3.63, 3.8) is 0 Å². The van der Waals surface area contributed by atoms with E-state index in [2.05, 4.69) is 30.9 Å². The van der Waals surface area contributed by atoms with E-state index in [0.29, 0.717) is 27.9 Å². The van der Waals surface area contributed by atoms with Crippen molar-refractivity contribution in [2.75, 3.05) is 11.9 Å². The molecule has 3 aromatic heterocycles. The number of ether oxygens (including phenoxy) is 2. The van der Waals surface area contributed by atoms with Crippen molar-refractivity contribution >= 4 is 34.8 Å². The van der Waals surface area contributed by atoms with Gasteiger partial charge >= 0.3 is 6.09 Å². The third kappa shape index (κ3) is 3.54. The molecule has 4 heterocycles. The normalized spacial score (nSPS) is 24.7. The zero-order chi connectivity index (χ0) is 20.9. The first-order valence-electron chi connectivity index (χ1n) is 9.46. The van der Waals surface area contributed by atoms with Gasteiger partial charge in [-0.05, 0) is 19.8 Å². The van der Waals surface area contributed by atoms with Crippen LogP contribution in [0.4, 0.5) is 20.8 Å². The Morgan fingerprint density at radius 3 is 3.13 bits per heavy atom. The topological polar surface area (TPSA) is 118 Å². The summed E-state index contributed by atoms with van der Waals surface area (Å²) >= 11 is 6.17. The SMILES string of the molecule is CC1(NC(=O)O[C@H]2CO[C@@H](c3cc(Nc4nccn5ncc(Cl)c45)n[nH]3)[C@H]2F)CC1. The molecule has 30 heavy (non-hydrogen) atoms. The Kier molecular flexibility index (Phi) is 4.51. The van der Waals surface area contributed by atoms with Gasteiger partial charge in [0.25, 0.3) is 0 Å². The predicted molar refractivity (Wildman–Crippen MR) is 105 cm³/mol. The summed E-state index contributed by atoms with van der Waals surface area (Å²) in [7, 11) is 0. The minimum absolute atomic E-state index is 0.0377. The maximum atomic E-state index is 14.9. The van der Waals surface area contributed by atoms with Crippen molar-refractivity contribution in [2.45, 2.75) is 43.7 Å². The van der Waals surface area contributed by atoms with Gasteiger partial charge in [0.15, 0.2) is 23.9 Å². The van der Waals surface area contributed by atoms with E-state index < -0.39 is 24.5 Å². The maximum absolute atomic E-state index is 14.9. The molecule has 5 rings (SSSR count). The summed E-state index contributed by atoms with van der Waals surface area (Å²) in [5.41, 5.74) is 0.770. The number of halogens is 2. The summed E-state index contributed by atoms with van der Waals surface area (Å²) in [6, 6.07) is 1.61. The monoisotopic (exact) mass is 435 g/mol. The summed E-state index contributed by atoms with van der Waals surface area (Å²) in [6.45, 7) is 1.88. The van der Waals surface area contributed by atoms with Crippen molar-refractivity contribution in [1.82, 2.24) is 30.1 Å². The van der Waals surface area contributed by atoms with Crippen molar-refractivity contribution in [3.05, 3.63) is 35.4 Å². The molecule has 1 saturated heterocycles. The Bertz CT molecular complexity index is 1100. The Balaban J connectivity index is 1.26. The largest absolute Gasteiger partial charge is 0.441 e. The van der Waals surface area contributed by atoms with Crippen molar-refractivity contribution in [2.24, 2.45) is 0 Å². The summed E-state index contributed by atoms with van der Waals surface area (Å²) in [4.78, 5) is 16.2. The van der Waals surface area contributed by atoms with Gasteiger partial charge < -0.3 is 20.1 Å². The molecule has 2 aliphatic rings. The minimum atomic E-state index is -1.53. The molecule has 0 radical (unpaired) electrons. The number of alkyl halides is 1. The first-order valence-corrected chi connectivity index (χ1v) is 9.84. The molecule has 158 valence electrons. The first kappa shape index (κ1) is 19.1. The van der Waals surface area contributed by atoms with Crippen molar-refractivity contribution in [1.29, 1.82) is 0 Å². The second kappa shape index (κ2) is 7.10. The van der Waals surface area contributed by atoms with E-state index in [0.717, 1.165) is 12.8 Å². The molecule has 0 spiro atoms. The summed E-state index contributed by atoms with van der Waals surface area (Å²) in [6.07, 6.45) is 2.46. The first-order chi connectivity index (χ1) is 14.4. The highest BCUT2D eigenvalue weighted by Gasteiger charge is 2.44. The number of fused-ring (bicyclic) bond motifs is 1. The highest BCUT2D eigenvalue weighted by atomic mass is 35.5. The molecule has 1 aliphatic carbocycles. The van der Waals surface area contributed by atoms with E-state index in [4.69, 9.17) is 21.1 Å². The van der Waals surface area contributed by atoms with Crippen LogP contribution in [0.2, 0.25) is 5.02 Å². The molecule has 3 atom stereocenters. The van der Waals surface area contributed by atoms with E-state index in [1.165, 1.54) is 6.20 Å². The van der Waals surface area contributed by atoms with Crippen LogP contribution in [0.25, 0.3) is 5.52 Å². The molecule has 1 aliphatic heterocycles. The van der Waals surface area contributed by atoms with Gasteiger partial charge in [0.05, 0.1) is 23.5 Å². The zero-order valence-corrected chi connectivity index (χ0v) is 16.7. The second-order valence-electron chi connectivity index (χ2n) is 7.72. The van der Waals surface area contributed by atoms with E-state index in [9.17, 15) is 9.18 Å². The molecule has 0 unspecified atom stereocenters. The highest BCUT2D eigenvalue weighted by Crippen LogP contribution is 2.36. The number of carbonyl (C=O) groups is 1. The van der Waals surface area contributed by atoms with Gasteiger partial charge in [0, 0.05) is 24.0 Å². The fraction of sp³-hybridized carbons (Fsp3) is 0.444. The molecular formula is C18H19ClFN7O3. The number of H-pyrrole nitrogens is 1. The molecule has 2 fully saturated rings. The second-order valence-corrected chi connectivity index (χ2v) is 8.13.